The molecule has 2 aliphatic heterocycles. The molecule has 1 atom stereocenters. The Bertz CT molecular complexity index is 689. The highest BCUT2D eigenvalue weighted by Gasteiger charge is 2.27. The summed E-state index contributed by atoms with van der Waals surface area (Å²) in [7, 11) is -2.90. The van der Waals surface area contributed by atoms with E-state index in [-0.39, 0.29) is 23.5 Å². The molecule has 0 unspecified atom stereocenters. The predicted octanol–water partition coefficient (Wildman–Crippen LogP) is 0.692. The largest absolute Gasteiger partial charge is 0.486 e. The maximum absolute atomic E-state index is 11.8. The Hall–Kier alpha value is -1.96. The number of nitrogens with one attached hydrogen (secondary N) is 2. The van der Waals surface area contributed by atoms with Gasteiger partial charge in [-0.15, -0.1) is 0 Å². The van der Waals surface area contributed by atoms with Crippen molar-refractivity contribution in [1.82, 2.24) is 10.6 Å². The fourth-order valence-corrected chi connectivity index (χ4v) is 4.57. The molecule has 0 aromatic heterocycles. The van der Waals surface area contributed by atoms with E-state index >= 15 is 0 Å². The first-order chi connectivity index (χ1) is 11.0. The highest BCUT2D eigenvalue weighted by Crippen LogP contribution is 2.30. The van der Waals surface area contributed by atoms with E-state index in [1.54, 1.807) is 0 Å². The van der Waals surface area contributed by atoms with Crippen LogP contribution in [-0.4, -0.2) is 45.7 Å². The Morgan fingerprint density at radius 3 is 2.70 bits per heavy atom. The number of carbonyl (C=O) groups excluding carboxylic acids is 1. The molecule has 23 heavy (non-hydrogen) atoms. The van der Waals surface area contributed by atoms with Crippen LogP contribution in [0.15, 0.2) is 18.2 Å². The molecule has 1 aromatic rings. The monoisotopic (exact) mass is 340 g/mol. The van der Waals surface area contributed by atoms with Crippen molar-refractivity contribution in [3.63, 3.8) is 0 Å². The molecule has 3 rings (SSSR count). The van der Waals surface area contributed by atoms with E-state index in [9.17, 15) is 13.2 Å². The smallest absolute Gasteiger partial charge is 0.315 e. The van der Waals surface area contributed by atoms with E-state index in [1.165, 1.54) is 0 Å². The van der Waals surface area contributed by atoms with E-state index in [4.69, 9.17) is 9.47 Å². The summed E-state index contributed by atoms with van der Waals surface area (Å²) in [6.45, 7) is 1.82. The average molecular weight is 340 g/mol. The van der Waals surface area contributed by atoms with Crippen LogP contribution >= 0.6 is 0 Å². The lowest BCUT2D eigenvalue weighted by Gasteiger charge is -2.19. The first-order valence-electron chi connectivity index (χ1n) is 7.62. The van der Waals surface area contributed by atoms with Crippen LogP contribution in [-0.2, 0) is 16.4 Å². The summed E-state index contributed by atoms with van der Waals surface area (Å²) >= 11 is 0. The Balaban J connectivity index is 1.44. The van der Waals surface area contributed by atoms with Gasteiger partial charge in [0.05, 0.1) is 11.5 Å². The molecule has 2 amide bonds. The summed E-state index contributed by atoms with van der Waals surface area (Å²) in [6.07, 6.45) is 0.616. The Morgan fingerprint density at radius 1 is 1.17 bits per heavy atom. The lowest BCUT2D eigenvalue weighted by Crippen LogP contribution is -2.38. The molecule has 1 saturated heterocycles. The first-order valence-corrected chi connectivity index (χ1v) is 9.45. The molecule has 0 bridgehead atoms. The summed E-state index contributed by atoms with van der Waals surface area (Å²) in [4.78, 5) is 11.8. The van der Waals surface area contributed by atoms with E-state index in [1.807, 2.05) is 18.2 Å². The van der Waals surface area contributed by atoms with Gasteiger partial charge in [0.15, 0.2) is 21.3 Å². The van der Waals surface area contributed by atoms with Gasteiger partial charge in [-0.1, -0.05) is 6.07 Å². The molecule has 1 fully saturated rings. The van der Waals surface area contributed by atoms with Crippen LogP contribution in [0.3, 0.4) is 0 Å². The van der Waals surface area contributed by atoms with Gasteiger partial charge in [0.1, 0.15) is 13.2 Å². The first kappa shape index (κ1) is 15.9. The molecule has 0 spiro atoms. The molecule has 7 nitrogen and oxygen atoms in total. The van der Waals surface area contributed by atoms with Crippen molar-refractivity contribution in [2.45, 2.75) is 13.0 Å². The minimum Gasteiger partial charge on any atom is -0.486 e. The molecule has 2 heterocycles. The standard InChI is InChI=1S/C15H20N2O5S/c18-15(17-9-12-3-6-23(19,20)10-12)16-8-11-1-2-13-14(7-11)22-5-4-21-13/h1-2,7,12H,3-6,8-10H2,(H2,16,17,18)/t12-/m1/s1. The van der Waals surface area contributed by atoms with Gasteiger partial charge in [-0.25, -0.2) is 13.2 Å². The van der Waals surface area contributed by atoms with Crippen LogP contribution in [0.25, 0.3) is 0 Å². The second-order valence-electron chi connectivity index (χ2n) is 5.81. The fraction of sp³-hybridized carbons (Fsp3) is 0.533. The fourth-order valence-electron chi connectivity index (χ4n) is 2.71. The molecule has 0 aliphatic carbocycles. The van der Waals surface area contributed by atoms with Crippen LogP contribution in [0, 0.1) is 5.92 Å². The summed E-state index contributed by atoms with van der Waals surface area (Å²) in [5.74, 6) is 1.80. The van der Waals surface area contributed by atoms with Gasteiger partial charge in [0.2, 0.25) is 0 Å². The molecule has 1 aromatic carbocycles. The van der Waals surface area contributed by atoms with Crippen molar-refractivity contribution in [1.29, 1.82) is 0 Å². The Morgan fingerprint density at radius 2 is 1.96 bits per heavy atom. The summed E-state index contributed by atoms with van der Waals surface area (Å²) in [5, 5.41) is 5.48. The van der Waals surface area contributed by atoms with Crippen molar-refractivity contribution in [2.24, 2.45) is 5.92 Å². The highest BCUT2D eigenvalue weighted by molar-refractivity contribution is 7.91. The number of hydrogen-bond donors (Lipinski definition) is 2. The number of rotatable bonds is 4. The summed E-state index contributed by atoms with van der Waals surface area (Å²) < 4.78 is 33.7. The van der Waals surface area contributed by atoms with Crippen LogP contribution in [0.5, 0.6) is 11.5 Å². The van der Waals surface area contributed by atoms with Gasteiger partial charge < -0.3 is 20.1 Å². The topological polar surface area (TPSA) is 93.7 Å². The zero-order valence-corrected chi connectivity index (χ0v) is 13.5. The number of fused-ring (bicyclic) bond motifs is 1. The predicted molar refractivity (Wildman–Crippen MR) is 84.4 cm³/mol. The van der Waals surface area contributed by atoms with E-state index < -0.39 is 9.84 Å². The molecular formula is C15H20N2O5S. The van der Waals surface area contributed by atoms with Gasteiger partial charge in [-0.2, -0.15) is 0 Å². The molecule has 2 N–H and O–H groups in total. The zero-order valence-electron chi connectivity index (χ0n) is 12.7. The number of sulfone groups is 1. The number of urea groups is 1. The minimum absolute atomic E-state index is 0.0139. The van der Waals surface area contributed by atoms with Crippen molar-refractivity contribution in [2.75, 3.05) is 31.3 Å². The molecule has 8 heteroatoms. The maximum Gasteiger partial charge on any atom is 0.315 e. The molecule has 126 valence electrons. The average Bonchev–Trinajstić information content (AvgIpc) is 2.90. The number of carbonyl (C=O) groups is 1. The Kier molecular flexibility index (Phi) is 4.61. The molecular weight excluding hydrogens is 320 g/mol. The van der Waals surface area contributed by atoms with E-state index in [2.05, 4.69) is 10.6 Å². The lowest BCUT2D eigenvalue weighted by atomic mass is 10.1. The van der Waals surface area contributed by atoms with Crippen molar-refractivity contribution in [3.8, 4) is 11.5 Å². The van der Waals surface area contributed by atoms with E-state index in [0.29, 0.717) is 44.2 Å². The van der Waals surface area contributed by atoms with Crippen LogP contribution in [0.1, 0.15) is 12.0 Å². The number of hydrogen-bond acceptors (Lipinski definition) is 5. The third-order valence-corrected chi connectivity index (χ3v) is 5.77. The van der Waals surface area contributed by atoms with E-state index in [0.717, 1.165) is 5.56 Å². The third kappa shape index (κ3) is 4.28. The van der Waals surface area contributed by atoms with Gasteiger partial charge >= 0.3 is 6.03 Å². The molecule has 2 aliphatic rings. The highest BCUT2D eigenvalue weighted by atomic mass is 32.2. The van der Waals surface area contributed by atoms with Gasteiger partial charge in [0.25, 0.3) is 0 Å². The number of amides is 2. The number of ether oxygens (including phenoxy) is 2. The minimum atomic E-state index is -2.90. The number of benzene rings is 1. The quantitative estimate of drug-likeness (QED) is 0.841. The second kappa shape index (κ2) is 6.66. The van der Waals surface area contributed by atoms with Gasteiger partial charge in [-0.3, -0.25) is 0 Å². The SMILES string of the molecule is O=C(NCc1ccc2c(c1)OCCO2)NC[C@H]1CCS(=O)(=O)C1. The summed E-state index contributed by atoms with van der Waals surface area (Å²) in [5.41, 5.74) is 0.910. The van der Waals surface area contributed by atoms with Gasteiger partial charge in [0, 0.05) is 13.1 Å². The van der Waals surface area contributed by atoms with Crippen LogP contribution in [0.2, 0.25) is 0 Å². The Labute approximate surface area is 135 Å². The lowest BCUT2D eigenvalue weighted by molar-refractivity contribution is 0.171. The van der Waals surface area contributed by atoms with Crippen molar-refractivity contribution >= 4 is 15.9 Å². The van der Waals surface area contributed by atoms with Crippen LogP contribution < -0.4 is 20.1 Å². The maximum atomic E-state index is 11.8. The van der Waals surface area contributed by atoms with Crippen molar-refractivity contribution < 1.29 is 22.7 Å². The zero-order chi connectivity index (χ0) is 16.3. The second-order valence-corrected chi connectivity index (χ2v) is 8.04. The summed E-state index contributed by atoms with van der Waals surface area (Å²) in [6, 6.07) is 5.24. The van der Waals surface area contributed by atoms with Crippen LogP contribution in [0.4, 0.5) is 4.79 Å². The molecule has 0 radical (unpaired) electrons. The third-order valence-electron chi connectivity index (χ3n) is 3.94. The normalized spacial score (nSPS) is 21.7. The van der Waals surface area contributed by atoms with Gasteiger partial charge in [-0.05, 0) is 30.0 Å². The molecule has 0 saturated carbocycles. The van der Waals surface area contributed by atoms with Crippen molar-refractivity contribution in [3.05, 3.63) is 23.8 Å².